The number of carbonyl (C=O) groups excluding carboxylic acids is 1. The van der Waals surface area contributed by atoms with E-state index in [1.807, 2.05) is 31.2 Å². The van der Waals surface area contributed by atoms with Gasteiger partial charge in [-0.15, -0.1) is 6.58 Å². The standard InChI is InChI=1S/C26H45NO2Si/c1-10-12-18-24(26(28)27-22(9)23-16-14-13-15-17-23)25(11-2)29-30(19(3)4,20(5)6)21(7)8/h11,13-17,19-22,24-25H,2,10,12,18H2,1,3-9H3,(H,27,28)/t22-,24+,25-/m0/s1. The topological polar surface area (TPSA) is 38.3 Å². The molecule has 1 N–H and O–H groups in total. The molecule has 0 aliphatic carbocycles. The van der Waals surface area contributed by atoms with E-state index in [9.17, 15) is 4.79 Å². The summed E-state index contributed by atoms with van der Waals surface area (Å²) in [6.45, 7) is 22.0. The fraction of sp³-hybridized carbons (Fsp3) is 0.654. The molecular weight excluding hydrogens is 386 g/mol. The molecule has 0 aliphatic heterocycles. The molecular formula is C26H45NO2Si. The Morgan fingerprint density at radius 1 is 1.03 bits per heavy atom. The molecule has 3 nitrogen and oxygen atoms in total. The molecule has 0 saturated carbocycles. The zero-order chi connectivity index (χ0) is 22.9. The first-order valence-corrected chi connectivity index (χ1v) is 13.9. The number of amides is 1. The van der Waals surface area contributed by atoms with Gasteiger partial charge in [-0.2, -0.15) is 0 Å². The fourth-order valence-electron chi connectivity index (χ4n) is 4.95. The number of hydrogen-bond donors (Lipinski definition) is 1. The lowest BCUT2D eigenvalue weighted by atomic mass is 9.94. The second-order valence-electron chi connectivity index (χ2n) is 9.53. The number of carbonyl (C=O) groups is 1. The zero-order valence-corrected chi connectivity index (χ0v) is 21.6. The van der Waals surface area contributed by atoms with Crippen LogP contribution in [0.1, 0.15) is 86.3 Å². The van der Waals surface area contributed by atoms with E-state index in [0.717, 1.165) is 24.8 Å². The van der Waals surface area contributed by atoms with E-state index in [0.29, 0.717) is 16.6 Å². The summed E-state index contributed by atoms with van der Waals surface area (Å²) in [5.74, 6) is -0.138. The van der Waals surface area contributed by atoms with Crippen LogP contribution in [0.3, 0.4) is 0 Å². The van der Waals surface area contributed by atoms with Crippen LogP contribution in [-0.2, 0) is 9.22 Å². The predicted octanol–water partition coefficient (Wildman–Crippen LogP) is 7.42. The van der Waals surface area contributed by atoms with Crippen LogP contribution in [-0.4, -0.2) is 20.3 Å². The van der Waals surface area contributed by atoms with E-state index in [2.05, 4.69) is 72.5 Å². The maximum atomic E-state index is 13.4. The summed E-state index contributed by atoms with van der Waals surface area (Å²) in [4.78, 5) is 13.4. The highest BCUT2D eigenvalue weighted by Gasteiger charge is 2.47. The van der Waals surface area contributed by atoms with Gasteiger partial charge in [-0.3, -0.25) is 4.79 Å². The lowest BCUT2D eigenvalue weighted by molar-refractivity contribution is -0.128. The van der Waals surface area contributed by atoms with Crippen molar-refractivity contribution in [2.75, 3.05) is 0 Å². The minimum atomic E-state index is -2.11. The highest BCUT2D eigenvalue weighted by atomic mass is 28.4. The maximum absolute atomic E-state index is 13.4. The van der Waals surface area contributed by atoms with E-state index >= 15 is 0 Å². The van der Waals surface area contributed by atoms with Crippen molar-refractivity contribution in [3.05, 3.63) is 48.6 Å². The Morgan fingerprint density at radius 2 is 1.57 bits per heavy atom. The zero-order valence-electron chi connectivity index (χ0n) is 20.6. The first kappa shape index (κ1) is 26.6. The van der Waals surface area contributed by atoms with Crippen LogP contribution in [0, 0.1) is 5.92 Å². The van der Waals surface area contributed by atoms with E-state index in [4.69, 9.17) is 4.43 Å². The number of rotatable bonds is 13. The molecule has 1 aromatic rings. The molecule has 0 saturated heterocycles. The summed E-state index contributed by atoms with van der Waals surface area (Å²) in [5, 5.41) is 3.24. The minimum absolute atomic E-state index is 0.0319. The molecule has 0 unspecified atom stereocenters. The van der Waals surface area contributed by atoms with Gasteiger partial charge >= 0.3 is 0 Å². The third-order valence-corrected chi connectivity index (χ3v) is 12.6. The van der Waals surface area contributed by atoms with Crippen LogP contribution in [0.2, 0.25) is 16.6 Å². The third kappa shape index (κ3) is 6.55. The molecule has 0 aromatic heterocycles. The van der Waals surface area contributed by atoms with Gasteiger partial charge < -0.3 is 9.74 Å². The number of unbranched alkanes of at least 4 members (excludes halogenated alkanes) is 1. The molecule has 0 aliphatic rings. The van der Waals surface area contributed by atoms with Gasteiger partial charge in [0.2, 0.25) is 14.2 Å². The Hall–Kier alpha value is -1.39. The molecule has 0 radical (unpaired) electrons. The van der Waals surface area contributed by atoms with Crippen LogP contribution in [0.5, 0.6) is 0 Å². The van der Waals surface area contributed by atoms with Crippen LogP contribution in [0.25, 0.3) is 0 Å². The van der Waals surface area contributed by atoms with Gasteiger partial charge in [-0.25, -0.2) is 0 Å². The van der Waals surface area contributed by atoms with E-state index in [-0.39, 0.29) is 24.0 Å². The summed E-state index contributed by atoms with van der Waals surface area (Å²) in [7, 11) is -2.11. The lowest BCUT2D eigenvalue weighted by Crippen LogP contribution is -2.52. The summed E-state index contributed by atoms with van der Waals surface area (Å²) >= 11 is 0. The number of hydrogen-bond acceptors (Lipinski definition) is 2. The summed E-state index contributed by atoms with van der Waals surface area (Å²) in [6, 6.07) is 10.1. The molecule has 1 amide bonds. The van der Waals surface area contributed by atoms with Crippen LogP contribution >= 0.6 is 0 Å². The Morgan fingerprint density at radius 3 is 2.00 bits per heavy atom. The smallest absolute Gasteiger partial charge is 0.226 e. The quantitative estimate of drug-likeness (QED) is 0.261. The van der Waals surface area contributed by atoms with Gasteiger partial charge in [0, 0.05) is 0 Å². The SMILES string of the molecule is C=C[C@H](O[Si](C(C)C)(C(C)C)C(C)C)[C@@H](CCCC)C(=O)N[C@@H](C)c1ccccc1. The molecule has 1 rings (SSSR count). The van der Waals surface area contributed by atoms with Gasteiger partial charge in [0.15, 0.2) is 0 Å². The van der Waals surface area contributed by atoms with Gasteiger partial charge in [-0.1, -0.05) is 97.7 Å². The molecule has 0 bridgehead atoms. The van der Waals surface area contributed by atoms with E-state index in [1.165, 1.54) is 0 Å². The van der Waals surface area contributed by atoms with Gasteiger partial charge in [-0.05, 0) is 35.5 Å². The Kier molecular flexibility index (Phi) is 11.1. The summed E-state index contributed by atoms with van der Waals surface area (Å²) < 4.78 is 7.00. The maximum Gasteiger partial charge on any atom is 0.226 e. The predicted molar refractivity (Wildman–Crippen MR) is 132 cm³/mol. The van der Waals surface area contributed by atoms with Crippen LogP contribution < -0.4 is 5.32 Å². The van der Waals surface area contributed by atoms with Crippen molar-refractivity contribution < 1.29 is 9.22 Å². The number of benzene rings is 1. The Bertz CT molecular complexity index is 620. The van der Waals surface area contributed by atoms with E-state index in [1.54, 1.807) is 0 Å². The highest BCUT2D eigenvalue weighted by Crippen LogP contribution is 2.44. The molecule has 170 valence electrons. The first-order chi connectivity index (χ1) is 14.1. The van der Waals surface area contributed by atoms with Gasteiger partial charge in [0.1, 0.15) is 0 Å². The van der Waals surface area contributed by atoms with E-state index < -0.39 is 8.32 Å². The molecule has 0 spiro atoms. The Balaban J connectivity index is 3.15. The molecule has 0 heterocycles. The van der Waals surface area contributed by atoms with Crippen molar-refractivity contribution in [3.8, 4) is 0 Å². The van der Waals surface area contributed by atoms with Crippen LogP contribution in [0.15, 0.2) is 43.0 Å². The largest absolute Gasteiger partial charge is 0.409 e. The minimum Gasteiger partial charge on any atom is -0.409 e. The van der Waals surface area contributed by atoms with Crippen LogP contribution in [0.4, 0.5) is 0 Å². The molecule has 3 atom stereocenters. The first-order valence-electron chi connectivity index (χ1n) is 11.8. The normalized spacial score (nSPS) is 15.3. The van der Waals surface area contributed by atoms with Crippen molar-refractivity contribution in [2.45, 2.75) is 103 Å². The van der Waals surface area contributed by atoms with Gasteiger partial charge in [0.25, 0.3) is 0 Å². The molecule has 30 heavy (non-hydrogen) atoms. The van der Waals surface area contributed by atoms with Crippen molar-refractivity contribution in [1.29, 1.82) is 0 Å². The lowest BCUT2D eigenvalue weighted by Gasteiger charge is -2.45. The monoisotopic (exact) mass is 431 g/mol. The highest BCUT2D eigenvalue weighted by molar-refractivity contribution is 6.77. The molecule has 4 heteroatoms. The second-order valence-corrected chi connectivity index (χ2v) is 14.9. The van der Waals surface area contributed by atoms with Crippen molar-refractivity contribution >= 4 is 14.2 Å². The van der Waals surface area contributed by atoms with Crippen molar-refractivity contribution in [2.24, 2.45) is 5.92 Å². The molecule has 1 aromatic carbocycles. The number of nitrogens with one attached hydrogen (secondary N) is 1. The summed E-state index contributed by atoms with van der Waals surface area (Å²) in [6.07, 6.45) is 4.51. The van der Waals surface area contributed by atoms with Crippen molar-refractivity contribution in [1.82, 2.24) is 5.32 Å². The van der Waals surface area contributed by atoms with Gasteiger partial charge in [0.05, 0.1) is 18.1 Å². The molecule has 0 fully saturated rings. The third-order valence-electron chi connectivity index (χ3n) is 6.54. The van der Waals surface area contributed by atoms with Crippen molar-refractivity contribution in [3.63, 3.8) is 0 Å². The Labute approximate surface area is 186 Å². The average molecular weight is 432 g/mol. The fourth-order valence-corrected chi connectivity index (χ4v) is 10.5. The second kappa shape index (κ2) is 12.5. The average Bonchev–Trinajstić information content (AvgIpc) is 2.70. The summed E-state index contributed by atoms with van der Waals surface area (Å²) in [5.41, 5.74) is 2.53.